The molecule has 0 aromatic carbocycles. The summed E-state index contributed by atoms with van der Waals surface area (Å²) in [6, 6.07) is 0. The van der Waals surface area contributed by atoms with Crippen LogP contribution in [0.3, 0.4) is 0 Å². The first kappa shape index (κ1) is 12.4. The van der Waals surface area contributed by atoms with Crippen molar-refractivity contribution in [3.05, 3.63) is 0 Å². The summed E-state index contributed by atoms with van der Waals surface area (Å²) in [6.45, 7) is 7.96. The van der Waals surface area contributed by atoms with E-state index in [2.05, 4.69) is 26.1 Å². The minimum Gasteiger partial charge on any atom is -0.312 e. The molecule has 3 unspecified atom stereocenters. The standard InChI is InChI=1S/C15H29N/c1-15(2,3)16-9-5-4-6-13-10-12-7-8-14(13)11-12/h12-14,16H,4-11H2,1-3H3. The van der Waals surface area contributed by atoms with E-state index in [1.807, 2.05) is 0 Å². The van der Waals surface area contributed by atoms with Gasteiger partial charge in [-0.05, 0) is 70.8 Å². The molecule has 0 aliphatic heterocycles. The lowest BCUT2D eigenvalue weighted by Gasteiger charge is -2.23. The van der Waals surface area contributed by atoms with Gasteiger partial charge in [0.25, 0.3) is 0 Å². The molecule has 16 heavy (non-hydrogen) atoms. The molecule has 2 aliphatic carbocycles. The largest absolute Gasteiger partial charge is 0.312 e. The Morgan fingerprint density at radius 2 is 1.88 bits per heavy atom. The normalized spacial score (nSPS) is 33.6. The second kappa shape index (κ2) is 5.08. The van der Waals surface area contributed by atoms with Crippen LogP contribution in [-0.2, 0) is 0 Å². The number of fused-ring (bicyclic) bond motifs is 2. The van der Waals surface area contributed by atoms with E-state index in [0.717, 1.165) is 17.8 Å². The molecule has 0 aromatic rings. The lowest BCUT2D eigenvalue weighted by molar-refractivity contribution is 0.303. The molecule has 2 rings (SSSR count). The van der Waals surface area contributed by atoms with E-state index < -0.39 is 0 Å². The minimum absolute atomic E-state index is 0.298. The zero-order valence-electron chi connectivity index (χ0n) is 11.4. The van der Waals surface area contributed by atoms with Crippen LogP contribution in [0.2, 0.25) is 0 Å². The highest BCUT2D eigenvalue weighted by Gasteiger charge is 2.38. The van der Waals surface area contributed by atoms with Gasteiger partial charge < -0.3 is 5.32 Å². The molecule has 0 saturated heterocycles. The van der Waals surface area contributed by atoms with Crippen LogP contribution in [0.1, 0.15) is 65.7 Å². The number of hydrogen-bond acceptors (Lipinski definition) is 1. The number of rotatable bonds is 5. The smallest absolute Gasteiger partial charge is 0.00965 e. The Morgan fingerprint density at radius 3 is 2.44 bits per heavy atom. The maximum absolute atomic E-state index is 3.58. The van der Waals surface area contributed by atoms with Crippen molar-refractivity contribution in [2.45, 2.75) is 71.3 Å². The third-order valence-corrected chi connectivity index (χ3v) is 4.54. The summed E-state index contributed by atoms with van der Waals surface area (Å²) in [4.78, 5) is 0. The Kier molecular flexibility index (Phi) is 3.94. The van der Waals surface area contributed by atoms with Crippen molar-refractivity contribution >= 4 is 0 Å². The number of nitrogens with one attached hydrogen (secondary N) is 1. The molecule has 94 valence electrons. The predicted octanol–water partition coefficient (Wildman–Crippen LogP) is 3.98. The van der Waals surface area contributed by atoms with Crippen LogP contribution in [0.5, 0.6) is 0 Å². The van der Waals surface area contributed by atoms with Crippen molar-refractivity contribution in [2.75, 3.05) is 6.54 Å². The van der Waals surface area contributed by atoms with Crippen LogP contribution in [-0.4, -0.2) is 12.1 Å². The number of hydrogen-bond donors (Lipinski definition) is 1. The van der Waals surface area contributed by atoms with Crippen molar-refractivity contribution in [3.8, 4) is 0 Å². The van der Waals surface area contributed by atoms with Gasteiger partial charge in [0.2, 0.25) is 0 Å². The third kappa shape index (κ3) is 3.48. The van der Waals surface area contributed by atoms with E-state index in [1.54, 1.807) is 25.7 Å². The maximum Gasteiger partial charge on any atom is 0.00965 e. The van der Waals surface area contributed by atoms with Gasteiger partial charge in [-0.1, -0.05) is 19.3 Å². The first-order valence-corrected chi connectivity index (χ1v) is 7.29. The zero-order chi connectivity index (χ0) is 11.6. The van der Waals surface area contributed by atoms with Gasteiger partial charge >= 0.3 is 0 Å². The molecule has 0 heterocycles. The van der Waals surface area contributed by atoms with Crippen molar-refractivity contribution in [1.82, 2.24) is 5.32 Å². The van der Waals surface area contributed by atoms with Gasteiger partial charge in [0, 0.05) is 5.54 Å². The van der Waals surface area contributed by atoms with E-state index in [0.29, 0.717) is 5.54 Å². The fourth-order valence-electron chi connectivity index (χ4n) is 3.72. The summed E-state index contributed by atoms with van der Waals surface area (Å²) in [5, 5.41) is 3.58. The highest BCUT2D eigenvalue weighted by atomic mass is 14.9. The summed E-state index contributed by atoms with van der Waals surface area (Å²) in [6.07, 6.45) is 10.6. The van der Waals surface area contributed by atoms with Gasteiger partial charge in [-0.15, -0.1) is 0 Å². The quantitative estimate of drug-likeness (QED) is 0.695. The molecule has 2 fully saturated rings. The van der Waals surface area contributed by atoms with E-state index in [4.69, 9.17) is 0 Å². The molecular weight excluding hydrogens is 194 g/mol. The van der Waals surface area contributed by atoms with Gasteiger partial charge in [0.1, 0.15) is 0 Å². The monoisotopic (exact) mass is 223 g/mol. The Hall–Kier alpha value is -0.0400. The molecule has 2 aliphatic rings. The van der Waals surface area contributed by atoms with Crippen molar-refractivity contribution < 1.29 is 0 Å². The zero-order valence-corrected chi connectivity index (χ0v) is 11.4. The average Bonchev–Trinajstić information content (AvgIpc) is 2.76. The fourth-order valence-corrected chi connectivity index (χ4v) is 3.72. The SMILES string of the molecule is CC(C)(C)NCCCCC1CC2CCC1C2. The Balaban J connectivity index is 1.52. The van der Waals surface area contributed by atoms with Crippen molar-refractivity contribution in [2.24, 2.45) is 17.8 Å². The molecule has 0 amide bonds. The molecule has 1 nitrogen and oxygen atoms in total. The fraction of sp³-hybridized carbons (Fsp3) is 1.00. The van der Waals surface area contributed by atoms with Gasteiger partial charge in [0.05, 0.1) is 0 Å². The van der Waals surface area contributed by atoms with E-state index in [9.17, 15) is 0 Å². The summed E-state index contributed by atoms with van der Waals surface area (Å²) in [7, 11) is 0. The van der Waals surface area contributed by atoms with Crippen LogP contribution in [0.15, 0.2) is 0 Å². The molecule has 1 N–H and O–H groups in total. The predicted molar refractivity (Wildman–Crippen MR) is 70.5 cm³/mol. The Bertz CT molecular complexity index is 216. The molecule has 1 heteroatoms. The summed E-state index contributed by atoms with van der Waals surface area (Å²) < 4.78 is 0. The number of unbranched alkanes of at least 4 members (excludes halogenated alkanes) is 1. The van der Waals surface area contributed by atoms with Crippen LogP contribution in [0, 0.1) is 17.8 Å². The molecule has 3 atom stereocenters. The molecule has 0 spiro atoms. The Morgan fingerprint density at radius 1 is 1.06 bits per heavy atom. The van der Waals surface area contributed by atoms with Gasteiger partial charge in [-0.2, -0.15) is 0 Å². The summed E-state index contributed by atoms with van der Waals surface area (Å²) in [5.41, 5.74) is 0.298. The molecule has 0 aromatic heterocycles. The molecule has 2 bridgehead atoms. The Labute approximate surface area is 101 Å². The van der Waals surface area contributed by atoms with Crippen molar-refractivity contribution in [1.29, 1.82) is 0 Å². The van der Waals surface area contributed by atoms with Gasteiger partial charge in [0.15, 0.2) is 0 Å². The lowest BCUT2D eigenvalue weighted by atomic mass is 9.85. The van der Waals surface area contributed by atoms with Crippen molar-refractivity contribution in [3.63, 3.8) is 0 Å². The first-order valence-electron chi connectivity index (χ1n) is 7.29. The topological polar surface area (TPSA) is 12.0 Å². The van der Waals surface area contributed by atoms with E-state index in [-0.39, 0.29) is 0 Å². The minimum atomic E-state index is 0.298. The second-order valence-electron chi connectivity index (χ2n) is 7.11. The highest BCUT2D eigenvalue weighted by Crippen LogP contribution is 2.49. The second-order valence-corrected chi connectivity index (χ2v) is 7.11. The van der Waals surface area contributed by atoms with E-state index in [1.165, 1.54) is 25.8 Å². The van der Waals surface area contributed by atoms with Gasteiger partial charge in [-0.25, -0.2) is 0 Å². The van der Waals surface area contributed by atoms with Gasteiger partial charge in [-0.3, -0.25) is 0 Å². The third-order valence-electron chi connectivity index (χ3n) is 4.54. The summed E-state index contributed by atoms with van der Waals surface area (Å²) in [5.74, 6) is 3.36. The molecular formula is C15H29N. The van der Waals surface area contributed by atoms with Crippen LogP contribution in [0.4, 0.5) is 0 Å². The first-order chi connectivity index (χ1) is 7.54. The average molecular weight is 223 g/mol. The highest BCUT2D eigenvalue weighted by molar-refractivity contribution is 4.89. The van der Waals surface area contributed by atoms with Crippen LogP contribution in [0.25, 0.3) is 0 Å². The van der Waals surface area contributed by atoms with E-state index >= 15 is 0 Å². The van der Waals surface area contributed by atoms with Crippen LogP contribution >= 0.6 is 0 Å². The van der Waals surface area contributed by atoms with Crippen LogP contribution < -0.4 is 5.32 Å². The molecule has 0 radical (unpaired) electrons. The summed E-state index contributed by atoms with van der Waals surface area (Å²) >= 11 is 0. The lowest BCUT2D eigenvalue weighted by Crippen LogP contribution is -2.36. The molecule has 2 saturated carbocycles. The maximum atomic E-state index is 3.58.